The molecule has 0 radical (unpaired) electrons. The lowest BCUT2D eigenvalue weighted by molar-refractivity contribution is 0.472. The number of rotatable bonds is 2. The van der Waals surface area contributed by atoms with E-state index in [4.69, 9.17) is 4.55 Å². The third kappa shape index (κ3) is 3.06. The smallest absolute Gasteiger partial charge is 0.271 e. The normalized spacial score (nSPS) is 14.8. The van der Waals surface area contributed by atoms with Crippen LogP contribution in [0.25, 0.3) is 0 Å². The van der Waals surface area contributed by atoms with E-state index in [0.717, 1.165) is 5.56 Å². The summed E-state index contributed by atoms with van der Waals surface area (Å²) in [6, 6.07) is 7.30. The summed E-state index contributed by atoms with van der Waals surface area (Å²) in [5.41, 5.74) is 1.79. The van der Waals surface area contributed by atoms with Crippen LogP contribution < -0.4 is 0 Å². The Bertz CT molecular complexity index is 452. The fraction of sp³-hybridized carbons (Fsp3) is 0.500. The maximum Gasteiger partial charge on any atom is 0.271 e. The number of hydrogen-bond acceptors (Lipinski definition) is 2. The third-order valence-electron chi connectivity index (χ3n) is 2.69. The van der Waals surface area contributed by atoms with Gasteiger partial charge in [0.25, 0.3) is 10.1 Å². The molecule has 16 heavy (non-hydrogen) atoms. The van der Waals surface area contributed by atoms with Crippen LogP contribution in [0.15, 0.2) is 24.3 Å². The highest BCUT2D eigenvalue weighted by Crippen LogP contribution is 2.26. The summed E-state index contributed by atoms with van der Waals surface area (Å²) in [6.45, 7) is 7.75. The van der Waals surface area contributed by atoms with Crippen LogP contribution in [0.1, 0.15) is 44.1 Å². The topological polar surface area (TPSA) is 54.4 Å². The molecule has 0 aromatic heterocycles. The fourth-order valence-corrected chi connectivity index (χ4v) is 1.93. The Morgan fingerprint density at radius 2 is 1.56 bits per heavy atom. The van der Waals surface area contributed by atoms with Crippen molar-refractivity contribution in [3.05, 3.63) is 35.4 Å². The molecule has 0 bridgehead atoms. The average molecular weight is 242 g/mol. The third-order valence-corrected chi connectivity index (χ3v) is 3.86. The first kappa shape index (κ1) is 13.2. The van der Waals surface area contributed by atoms with Crippen LogP contribution in [0, 0.1) is 0 Å². The predicted molar refractivity (Wildman–Crippen MR) is 65.1 cm³/mol. The molecule has 1 aromatic rings. The van der Waals surface area contributed by atoms with Gasteiger partial charge in [-0.25, -0.2) is 0 Å². The zero-order valence-corrected chi connectivity index (χ0v) is 10.9. The molecule has 0 fully saturated rings. The standard InChI is InChI=1S/C12H18O3S/c1-9(16(13,14)15)10-5-7-11(8-6-10)12(2,3)4/h5-9H,1-4H3,(H,13,14,15)/t9-/m0/s1. The first-order valence-electron chi connectivity index (χ1n) is 5.19. The minimum absolute atomic E-state index is 0.0415. The predicted octanol–water partition coefficient (Wildman–Crippen LogP) is 2.93. The van der Waals surface area contributed by atoms with Gasteiger partial charge in [-0.3, -0.25) is 4.55 Å². The van der Waals surface area contributed by atoms with Crippen LogP contribution >= 0.6 is 0 Å². The van der Waals surface area contributed by atoms with Crippen molar-refractivity contribution in [3.8, 4) is 0 Å². The van der Waals surface area contributed by atoms with Gasteiger partial charge in [-0.05, 0) is 23.5 Å². The first-order chi connectivity index (χ1) is 7.12. The Morgan fingerprint density at radius 1 is 1.12 bits per heavy atom. The van der Waals surface area contributed by atoms with Gasteiger partial charge >= 0.3 is 0 Å². The molecule has 0 heterocycles. The molecule has 1 aromatic carbocycles. The second-order valence-electron chi connectivity index (χ2n) is 5.03. The summed E-state index contributed by atoms with van der Waals surface area (Å²) in [5, 5.41) is -0.874. The molecule has 0 unspecified atom stereocenters. The molecule has 0 aliphatic rings. The van der Waals surface area contributed by atoms with Gasteiger partial charge in [0, 0.05) is 0 Å². The highest BCUT2D eigenvalue weighted by Gasteiger charge is 2.20. The molecule has 90 valence electrons. The van der Waals surface area contributed by atoms with Gasteiger partial charge in [-0.1, -0.05) is 45.0 Å². The van der Waals surface area contributed by atoms with Crippen molar-refractivity contribution in [2.24, 2.45) is 0 Å². The molecule has 0 saturated heterocycles. The number of benzene rings is 1. The second-order valence-corrected chi connectivity index (χ2v) is 6.77. The van der Waals surface area contributed by atoms with Crippen molar-refractivity contribution >= 4 is 10.1 Å². The molecule has 0 aliphatic carbocycles. The summed E-state index contributed by atoms with van der Waals surface area (Å²) in [7, 11) is -4.00. The van der Waals surface area contributed by atoms with Crippen molar-refractivity contribution in [1.29, 1.82) is 0 Å². The van der Waals surface area contributed by atoms with Crippen molar-refractivity contribution in [3.63, 3.8) is 0 Å². The van der Waals surface area contributed by atoms with Crippen LogP contribution in [-0.4, -0.2) is 13.0 Å². The Morgan fingerprint density at radius 3 is 1.88 bits per heavy atom. The number of hydrogen-bond donors (Lipinski definition) is 1. The van der Waals surface area contributed by atoms with Gasteiger partial charge in [0.1, 0.15) is 5.25 Å². The van der Waals surface area contributed by atoms with Crippen molar-refractivity contribution in [1.82, 2.24) is 0 Å². The maximum absolute atomic E-state index is 11.0. The second kappa shape index (κ2) is 4.18. The molecule has 3 nitrogen and oxygen atoms in total. The largest absolute Gasteiger partial charge is 0.285 e. The van der Waals surface area contributed by atoms with Crippen molar-refractivity contribution < 1.29 is 13.0 Å². The Hall–Kier alpha value is -0.870. The summed E-state index contributed by atoms with van der Waals surface area (Å²) in [4.78, 5) is 0. The van der Waals surface area contributed by atoms with Crippen molar-refractivity contribution in [2.75, 3.05) is 0 Å². The molecular weight excluding hydrogens is 224 g/mol. The van der Waals surface area contributed by atoms with E-state index in [1.165, 1.54) is 6.92 Å². The lowest BCUT2D eigenvalue weighted by Gasteiger charge is -2.19. The summed E-state index contributed by atoms with van der Waals surface area (Å²) < 4.78 is 30.9. The van der Waals surface area contributed by atoms with E-state index in [1.807, 2.05) is 12.1 Å². The van der Waals surface area contributed by atoms with Crippen LogP contribution in [0.3, 0.4) is 0 Å². The molecule has 4 heteroatoms. The van der Waals surface area contributed by atoms with Crippen molar-refractivity contribution in [2.45, 2.75) is 38.4 Å². The van der Waals surface area contributed by atoms with E-state index in [2.05, 4.69) is 20.8 Å². The first-order valence-corrected chi connectivity index (χ1v) is 6.69. The van der Waals surface area contributed by atoms with Crippen LogP contribution in [0.4, 0.5) is 0 Å². The molecule has 1 N–H and O–H groups in total. The lowest BCUT2D eigenvalue weighted by Crippen LogP contribution is -2.12. The monoisotopic (exact) mass is 242 g/mol. The SMILES string of the molecule is C[C@@H](c1ccc(C(C)(C)C)cc1)S(=O)(=O)O. The van der Waals surface area contributed by atoms with Gasteiger partial charge in [0.15, 0.2) is 0 Å². The molecule has 0 amide bonds. The van der Waals surface area contributed by atoms with Crippen LogP contribution in [0.5, 0.6) is 0 Å². The average Bonchev–Trinajstić information content (AvgIpc) is 2.14. The Balaban J connectivity index is 3.05. The van der Waals surface area contributed by atoms with E-state index >= 15 is 0 Å². The minimum Gasteiger partial charge on any atom is -0.285 e. The summed E-state index contributed by atoms with van der Waals surface area (Å²) in [5.74, 6) is 0. The van der Waals surface area contributed by atoms with E-state index < -0.39 is 15.4 Å². The zero-order chi connectivity index (χ0) is 12.6. The quantitative estimate of drug-likeness (QED) is 0.811. The Kier molecular flexibility index (Phi) is 3.45. The highest BCUT2D eigenvalue weighted by atomic mass is 32.2. The van der Waals surface area contributed by atoms with Crippen LogP contribution in [0.2, 0.25) is 0 Å². The van der Waals surface area contributed by atoms with Gasteiger partial charge in [0.2, 0.25) is 0 Å². The molecule has 1 atom stereocenters. The molecule has 0 saturated carbocycles. The molecular formula is C12H18O3S. The van der Waals surface area contributed by atoms with E-state index in [9.17, 15) is 8.42 Å². The minimum atomic E-state index is -4.00. The van der Waals surface area contributed by atoms with Gasteiger partial charge in [-0.2, -0.15) is 8.42 Å². The van der Waals surface area contributed by atoms with E-state index in [-0.39, 0.29) is 5.41 Å². The Labute approximate surface area is 97.2 Å². The fourth-order valence-electron chi connectivity index (χ4n) is 1.43. The zero-order valence-electron chi connectivity index (χ0n) is 10.1. The van der Waals surface area contributed by atoms with Gasteiger partial charge in [0.05, 0.1) is 0 Å². The molecule has 0 aliphatic heterocycles. The van der Waals surface area contributed by atoms with E-state index in [1.54, 1.807) is 12.1 Å². The molecule has 1 rings (SSSR count). The summed E-state index contributed by atoms with van der Waals surface area (Å²) in [6.07, 6.45) is 0. The highest BCUT2D eigenvalue weighted by molar-refractivity contribution is 7.86. The van der Waals surface area contributed by atoms with Gasteiger partial charge in [-0.15, -0.1) is 0 Å². The summed E-state index contributed by atoms with van der Waals surface area (Å²) >= 11 is 0. The van der Waals surface area contributed by atoms with Gasteiger partial charge < -0.3 is 0 Å². The van der Waals surface area contributed by atoms with E-state index in [0.29, 0.717) is 5.56 Å². The lowest BCUT2D eigenvalue weighted by atomic mass is 9.86. The van der Waals surface area contributed by atoms with Crippen LogP contribution in [-0.2, 0) is 15.5 Å². The molecule has 0 spiro atoms. The maximum atomic E-state index is 11.0.